The van der Waals surface area contributed by atoms with E-state index in [1.54, 1.807) is 0 Å². The van der Waals surface area contributed by atoms with Gasteiger partial charge in [-0.05, 0) is 6.42 Å². The lowest BCUT2D eigenvalue weighted by Gasteiger charge is -2.07. The molecule has 0 aliphatic carbocycles. The zero-order valence-electron chi connectivity index (χ0n) is 11.9. The van der Waals surface area contributed by atoms with Crippen molar-refractivity contribution in [1.82, 2.24) is 5.32 Å². The fraction of sp³-hybridized carbons (Fsp3) is 0.846. The zero-order chi connectivity index (χ0) is 14.7. The average molecular weight is 291 g/mol. The van der Waals surface area contributed by atoms with Gasteiger partial charge in [0.05, 0.1) is 46.2 Å². The van der Waals surface area contributed by atoms with Gasteiger partial charge in [-0.1, -0.05) is 0 Å². The van der Waals surface area contributed by atoms with Crippen molar-refractivity contribution in [2.24, 2.45) is 0 Å². The minimum atomic E-state index is 0.486. The number of ether oxygens (including phenoxy) is 4. The van der Waals surface area contributed by atoms with E-state index in [9.17, 15) is 9.59 Å². The third-order valence-corrected chi connectivity index (χ3v) is 2.20. The molecule has 1 amide bonds. The maximum Gasteiger partial charge on any atom is 0.207 e. The van der Waals surface area contributed by atoms with Crippen molar-refractivity contribution in [3.05, 3.63) is 0 Å². The summed E-state index contributed by atoms with van der Waals surface area (Å²) in [6, 6.07) is 0. The quantitative estimate of drug-likeness (QED) is 0.295. The summed E-state index contributed by atoms with van der Waals surface area (Å²) in [7, 11) is 0. The smallest absolute Gasteiger partial charge is 0.207 e. The third kappa shape index (κ3) is 17.0. The Bertz CT molecular complexity index is 193. The van der Waals surface area contributed by atoms with Crippen LogP contribution in [0.1, 0.15) is 12.8 Å². The number of carbonyl (C=O) groups is 2. The van der Waals surface area contributed by atoms with Crippen molar-refractivity contribution in [1.29, 1.82) is 0 Å². The van der Waals surface area contributed by atoms with Gasteiger partial charge >= 0.3 is 0 Å². The number of nitrogens with one attached hydrogen (secondary N) is 1. The molecule has 0 rings (SSSR count). The summed E-state index contributed by atoms with van der Waals surface area (Å²) >= 11 is 0. The molecule has 7 nitrogen and oxygen atoms in total. The van der Waals surface area contributed by atoms with Crippen LogP contribution in [0.5, 0.6) is 0 Å². The predicted octanol–water partition coefficient (Wildman–Crippen LogP) is -0.222. The first-order valence-electron chi connectivity index (χ1n) is 6.83. The number of unbranched alkanes of at least 4 members (excludes halogenated alkanes) is 1. The molecule has 0 aromatic heterocycles. The lowest BCUT2D eigenvalue weighted by atomic mass is 10.3. The molecule has 0 aromatic carbocycles. The molecule has 0 unspecified atom stereocenters. The van der Waals surface area contributed by atoms with Crippen LogP contribution in [-0.4, -0.2) is 72.1 Å². The Morgan fingerprint density at radius 3 is 1.70 bits per heavy atom. The van der Waals surface area contributed by atoms with Gasteiger partial charge in [-0.2, -0.15) is 0 Å². The van der Waals surface area contributed by atoms with E-state index in [1.807, 2.05) is 0 Å². The summed E-state index contributed by atoms with van der Waals surface area (Å²) in [5.74, 6) is 0. The van der Waals surface area contributed by atoms with Crippen molar-refractivity contribution in [3.63, 3.8) is 0 Å². The van der Waals surface area contributed by atoms with E-state index < -0.39 is 0 Å². The van der Waals surface area contributed by atoms with Gasteiger partial charge in [0.2, 0.25) is 6.41 Å². The second-order valence-corrected chi connectivity index (χ2v) is 3.83. The van der Waals surface area contributed by atoms with Gasteiger partial charge in [0.15, 0.2) is 0 Å². The molecule has 0 aromatic rings. The van der Waals surface area contributed by atoms with Crippen molar-refractivity contribution >= 4 is 12.7 Å². The van der Waals surface area contributed by atoms with E-state index in [0.29, 0.717) is 72.2 Å². The molecule has 1 N–H and O–H groups in total. The van der Waals surface area contributed by atoms with E-state index >= 15 is 0 Å². The van der Waals surface area contributed by atoms with Gasteiger partial charge in [-0.15, -0.1) is 0 Å². The minimum absolute atomic E-state index is 0.486. The van der Waals surface area contributed by atoms with Crippen LogP contribution in [0.2, 0.25) is 0 Å². The number of rotatable bonds is 17. The van der Waals surface area contributed by atoms with Crippen LogP contribution in [0.15, 0.2) is 0 Å². The van der Waals surface area contributed by atoms with Gasteiger partial charge in [0.25, 0.3) is 0 Å². The Balaban J connectivity index is 2.92. The zero-order valence-corrected chi connectivity index (χ0v) is 11.9. The molecule has 0 heterocycles. The monoisotopic (exact) mass is 291 g/mol. The molecule has 0 spiro atoms. The topological polar surface area (TPSA) is 83.1 Å². The standard InChI is InChI=1S/C13H25NO6/c15-4-1-2-5-17-7-9-19-11-12-20-10-8-18-6-3-14-13-16/h4,13H,1-3,5-12H2,(H,14,16). The molecule has 0 saturated carbocycles. The van der Waals surface area contributed by atoms with Gasteiger partial charge in [0, 0.05) is 19.6 Å². The van der Waals surface area contributed by atoms with Crippen molar-refractivity contribution in [2.75, 3.05) is 59.4 Å². The summed E-state index contributed by atoms with van der Waals surface area (Å²) < 4.78 is 21.0. The van der Waals surface area contributed by atoms with Crippen molar-refractivity contribution < 1.29 is 28.5 Å². The Kier molecular flexibility index (Phi) is 17.1. The van der Waals surface area contributed by atoms with E-state index in [2.05, 4.69) is 5.32 Å². The number of carbonyl (C=O) groups excluding carboxylic acids is 2. The van der Waals surface area contributed by atoms with Gasteiger partial charge in [-0.3, -0.25) is 4.79 Å². The minimum Gasteiger partial charge on any atom is -0.379 e. The van der Waals surface area contributed by atoms with Crippen LogP contribution < -0.4 is 5.32 Å². The molecular formula is C13H25NO6. The summed E-state index contributed by atoms with van der Waals surface area (Å²) in [5.41, 5.74) is 0. The first-order valence-corrected chi connectivity index (χ1v) is 6.83. The van der Waals surface area contributed by atoms with E-state index in [4.69, 9.17) is 18.9 Å². The molecule has 0 atom stereocenters. The van der Waals surface area contributed by atoms with Crippen LogP contribution in [0.4, 0.5) is 0 Å². The maximum absolute atomic E-state index is 10.0. The fourth-order valence-corrected chi connectivity index (χ4v) is 1.22. The lowest BCUT2D eigenvalue weighted by Crippen LogP contribution is -2.19. The van der Waals surface area contributed by atoms with Crippen LogP contribution in [0.3, 0.4) is 0 Å². The highest BCUT2D eigenvalue weighted by Crippen LogP contribution is 1.87. The maximum atomic E-state index is 10.0. The molecule has 0 aliphatic heterocycles. The third-order valence-electron chi connectivity index (χ3n) is 2.20. The number of aldehydes is 1. The Labute approximate surface area is 119 Å². The van der Waals surface area contributed by atoms with Crippen LogP contribution in [-0.2, 0) is 28.5 Å². The highest BCUT2D eigenvalue weighted by Gasteiger charge is 1.92. The Morgan fingerprint density at radius 1 is 0.700 bits per heavy atom. The van der Waals surface area contributed by atoms with E-state index in [-0.39, 0.29) is 0 Å². The largest absolute Gasteiger partial charge is 0.379 e. The second-order valence-electron chi connectivity index (χ2n) is 3.83. The summed E-state index contributed by atoms with van der Waals surface area (Å²) in [4.78, 5) is 20.0. The molecule has 20 heavy (non-hydrogen) atoms. The van der Waals surface area contributed by atoms with Crippen LogP contribution in [0.25, 0.3) is 0 Å². The van der Waals surface area contributed by atoms with Gasteiger partial charge in [0.1, 0.15) is 6.29 Å². The average Bonchev–Trinajstić information content (AvgIpc) is 2.47. The van der Waals surface area contributed by atoms with E-state index in [1.165, 1.54) is 0 Å². The Hall–Kier alpha value is -1.02. The van der Waals surface area contributed by atoms with E-state index in [0.717, 1.165) is 12.7 Å². The highest BCUT2D eigenvalue weighted by molar-refractivity contribution is 5.48. The molecule has 0 bridgehead atoms. The highest BCUT2D eigenvalue weighted by atomic mass is 16.6. The number of hydrogen-bond acceptors (Lipinski definition) is 6. The van der Waals surface area contributed by atoms with Crippen molar-refractivity contribution in [3.8, 4) is 0 Å². The first-order chi connectivity index (χ1) is 9.91. The molecule has 0 radical (unpaired) electrons. The molecule has 118 valence electrons. The number of amides is 1. The second kappa shape index (κ2) is 18.0. The molecule has 7 heteroatoms. The van der Waals surface area contributed by atoms with Gasteiger partial charge in [-0.25, -0.2) is 0 Å². The molecule has 0 aliphatic rings. The molecular weight excluding hydrogens is 266 g/mol. The SMILES string of the molecule is O=CCCCOCCOCCOCCOCCNC=O. The molecule has 0 fully saturated rings. The molecule has 0 saturated heterocycles. The predicted molar refractivity (Wildman–Crippen MR) is 72.6 cm³/mol. The van der Waals surface area contributed by atoms with Crippen LogP contribution in [0, 0.1) is 0 Å². The summed E-state index contributed by atoms with van der Waals surface area (Å²) in [6.07, 6.45) is 2.83. The van der Waals surface area contributed by atoms with Crippen molar-refractivity contribution in [2.45, 2.75) is 12.8 Å². The Morgan fingerprint density at radius 2 is 1.20 bits per heavy atom. The van der Waals surface area contributed by atoms with Crippen LogP contribution >= 0.6 is 0 Å². The first kappa shape index (κ1) is 19.0. The summed E-state index contributed by atoms with van der Waals surface area (Å²) in [6.45, 7) is 4.69. The lowest BCUT2D eigenvalue weighted by molar-refractivity contribution is -0.110. The normalized spacial score (nSPS) is 10.4. The fourth-order valence-electron chi connectivity index (χ4n) is 1.22. The summed E-state index contributed by atoms with van der Waals surface area (Å²) in [5, 5.41) is 2.50. The number of hydrogen-bond donors (Lipinski definition) is 1. The van der Waals surface area contributed by atoms with Gasteiger partial charge < -0.3 is 29.1 Å².